The minimum absolute atomic E-state index is 0. The number of aliphatic imine (C=N–C) groups is 1. The summed E-state index contributed by atoms with van der Waals surface area (Å²) >= 11 is 0. The number of hydrogen-bond donors (Lipinski definition) is 3. The molecule has 1 saturated carbocycles. The summed E-state index contributed by atoms with van der Waals surface area (Å²) < 4.78 is 0. The van der Waals surface area contributed by atoms with Crippen LogP contribution in [-0.2, 0) is 6.54 Å². The topological polar surface area (TPSA) is 72.8 Å². The molecule has 1 aromatic heterocycles. The van der Waals surface area contributed by atoms with E-state index in [-0.39, 0.29) is 30.1 Å². The molecule has 152 valence electrons. The van der Waals surface area contributed by atoms with Crippen molar-refractivity contribution in [2.24, 2.45) is 10.9 Å². The molecular weight excluding hydrogens is 453 g/mol. The number of guanidine groups is 1. The summed E-state index contributed by atoms with van der Waals surface area (Å²) in [6.45, 7) is 6.76. The van der Waals surface area contributed by atoms with Crippen molar-refractivity contribution in [3.63, 3.8) is 0 Å². The van der Waals surface area contributed by atoms with Gasteiger partial charge < -0.3 is 15.7 Å². The van der Waals surface area contributed by atoms with Crippen molar-refractivity contribution in [2.45, 2.75) is 57.7 Å². The first-order valence-electron chi connectivity index (χ1n) is 10.1. The first-order valence-corrected chi connectivity index (χ1v) is 10.1. The van der Waals surface area contributed by atoms with E-state index in [4.69, 9.17) is 4.99 Å². The monoisotopic (exact) mass is 487 g/mol. The molecule has 2 fully saturated rings. The van der Waals surface area contributed by atoms with Gasteiger partial charge in [-0.05, 0) is 44.7 Å². The summed E-state index contributed by atoms with van der Waals surface area (Å²) in [5, 5.41) is 16.9. The van der Waals surface area contributed by atoms with Gasteiger partial charge in [-0.2, -0.15) is 0 Å². The fourth-order valence-electron chi connectivity index (χ4n) is 3.91. The molecule has 1 aliphatic carbocycles. The van der Waals surface area contributed by atoms with Crippen LogP contribution in [0.5, 0.6) is 0 Å². The van der Waals surface area contributed by atoms with Crippen LogP contribution in [0.4, 0.5) is 0 Å². The first kappa shape index (κ1) is 22.4. The van der Waals surface area contributed by atoms with Gasteiger partial charge in [-0.15, -0.1) is 24.0 Å². The van der Waals surface area contributed by atoms with Gasteiger partial charge in [0.2, 0.25) is 0 Å². The average Bonchev–Trinajstić information content (AvgIpc) is 3.07. The lowest BCUT2D eigenvalue weighted by atomic mass is 10.0. The number of halogens is 1. The molecule has 0 aromatic carbocycles. The Hall–Kier alpha value is -0.930. The maximum Gasteiger partial charge on any atom is 0.191 e. The molecule has 2 heterocycles. The van der Waals surface area contributed by atoms with E-state index in [9.17, 15) is 5.11 Å². The van der Waals surface area contributed by atoms with Gasteiger partial charge in [0, 0.05) is 50.9 Å². The van der Waals surface area contributed by atoms with E-state index in [0.717, 1.165) is 76.5 Å². The third-order valence-corrected chi connectivity index (χ3v) is 5.49. The number of aromatic nitrogens is 1. The van der Waals surface area contributed by atoms with Crippen LogP contribution in [0.2, 0.25) is 0 Å². The molecule has 0 bridgehead atoms. The molecule has 0 spiro atoms. The summed E-state index contributed by atoms with van der Waals surface area (Å²) in [5.41, 5.74) is 1.14. The second-order valence-corrected chi connectivity index (χ2v) is 7.49. The Morgan fingerprint density at radius 3 is 2.70 bits per heavy atom. The summed E-state index contributed by atoms with van der Waals surface area (Å²) in [7, 11) is 0. The van der Waals surface area contributed by atoms with E-state index in [1.807, 2.05) is 12.3 Å². The van der Waals surface area contributed by atoms with Gasteiger partial charge in [-0.25, -0.2) is 0 Å². The predicted molar refractivity (Wildman–Crippen MR) is 120 cm³/mol. The molecule has 27 heavy (non-hydrogen) atoms. The number of aliphatic hydroxyl groups excluding tert-OH is 1. The second kappa shape index (κ2) is 11.8. The van der Waals surface area contributed by atoms with Gasteiger partial charge in [0.25, 0.3) is 0 Å². The number of nitrogens with zero attached hydrogens (tertiary/aromatic N) is 3. The smallest absolute Gasteiger partial charge is 0.191 e. The Labute approximate surface area is 180 Å². The molecule has 1 aliphatic heterocycles. The quantitative estimate of drug-likeness (QED) is 0.327. The first-order chi connectivity index (χ1) is 12.7. The lowest BCUT2D eigenvalue weighted by Gasteiger charge is -2.33. The highest BCUT2D eigenvalue weighted by atomic mass is 127. The summed E-state index contributed by atoms with van der Waals surface area (Å²) in [5.74, 6) is 1.22. The average molecular weight is 487 g/mol. The minimum Gasteiger partial charge on any atom is -0.393 e. The molecule has 1 aromatic rings. The van der Waals surface area contributed by atoms with Crippen LogP contribution in [0.15, 0.2) is 29.4 Å². The Balaban J connectivity index is 0.00000261. The molecule has 0 amide bonds. The van der Waals surface area contributed by atoms with E-state index >= 15 is 0 Å². The molecule has 2 aliphatic rings. The van der Waals surface area contributed by atoms with Crippen LogP contribution < -0.4 is 10.6 Å². The van der Waals surface area contributed by atoms with E-state index in [1.165, 1.54) is 0 Å². The molecule has 2 unspecified atom stereocenters. The van der Waals surface area contributed by atoms with E-state index < -0.39 is 0 Å². The van der Waals surface area contributed by atoms with Gasteiger partial charge in [0.05, 0.1) is 11.8 Å². The largest absolute Gasteiger partial charge is 0.393 e. The maximum absolute atomic E-state index is 9.98. The number of pyridine rings is 1. The fourth-order valence-corrected chi connectivity index (χ4v) is 3.91. The van der Waals surface area contributed by atoms with Crippen LogP contribution in [0.25, 0.3) is 0 Å². The highest BCUT2D eigenvalue weighted by Crippen LogP contribution is 2.25. The van der Waals surface area contributed by atoms with Crippen molar-refractivity contribution in [1.29, 1.82) is 0 Å². The predicted octanol–water partition coefficient (Wildman–Crippen LogP) is 2.38. The number of aliphatic hydroxyl groups is 1. The number of nitrogens with one attached hydrogen (secondary N) is 2. The molecular formula is C20H34IN5O. The maximum atomic E-state index is 9.98. The zero-order chi connectivity index (χ0) is 18.2. The second-order valence-electron chi connectivity index (χ2n) is 7.49. The van der Waals surface area contributed by atoms with Crippen molar-refractivity contribution in [3.05, 3.63) is 30.1 Å². The molecule has 2 atom stereocenters. The van der Waals surface area contributed by atoms with Crippen LogP contribution in [0, 0.1) is 5.92 Å². The molecule has 0 radical (unpaired) electrons. The minimum atomic E-state index is -0.170. The SMILES string of the molecule is CCNC(=NCC1CCCC1O)NC1CCN(Cc2ccccn2)CC1.I. The zero-order valence-electron chi connectivity index (χ0n) is 16.3. The Morgan fingerprint density at radius 2 is 2.07 bits per heavy atom. The van der Waals surface area contributed by atoms with Crippen LogP contribution in [-0.4, -0.2) is 59.3 Å². The molecule has 3 rings (SSSR count). The number of hydrogen-bond acceptors (Lipinski definition) is 4. The van der Waals surface area contributed by atoms with Crippen LogP contribution in [0.3, 0.4) is 0 Å². The van der Waals surface area contributed by atoms with Crippen molar-refractivity contribution >= 4 is 29.9 Å². The fraction of sp³-hybridized carbons (Fsp3) is 0.700. The highest BCUT2D eigenvalue weighted by Gasteiger charge is 2.25. The summed E-state index contributed by atoms with van der Waals surface area (Å²) in [4.78, 5) is 11.6. The number of rotatable bonds is 6. The summed E-state index contributed by atoms with van der Waals surface area (Å²) in [6, 6.07) is 6.57. The van der Waals surface area contributed by atoms with E-state index in [1.54, 1.807) is 0 Å². The van der Waals surface area contributed by atoms with Crippen molar-refractivity contribution in [1.82, 2.24) is 20.5 Å². The highest BCUT2D eigenvalue weighted by molar-refractivity contribution is 14.0. The van der Waals surface area contributed by atoms with Gasteiger partial charge >= 0.3 is 0 Å². The zero-order valence-corrected chi connectivity index (χ0v) is 18.6. The molecule has 1 saturated heterocycles. The third-order valence-electron chi connectivity index (χ3n) is 5.49. The lowest BCUT2D eigenvalue weighted by Crippen LogP contribution is -2.48. The lowest BCUT2D eigenvalue weighted by molar-refractivity contribution is 0.136. The Kier molecular flexibility index (Phi) is 9.78. The van der Waals surface area contributed by atoms with Crippen molar-refractivity contribution < 1.29 is 5.11 Å². The molecule has 6 nitrogen and oxygen atoms in total. The van der Waals surface area contributed by atoms with E-state index in [0.29, 0.717) is 12.0 Å². The van der Waals surface area contributed by atoms with Crippen LogP contribution in [0.1, 0.15) is 44.7 Å². The van der Waals surface area contributed by atoms with Crippen molar-refractivity contribution in [2.75, 3.05) is 26.2 Å². The number of likely N-dealkylation sites (tertiary alicyclic amines) is 1. The summed E-state index contributed by atoms with van der Waals surface area (Å²) in [6.07, 6.45) is 7.07. The van der Waals surface area contributed by atoms with Gasteiger partial charge in [-0.1, -0.05) is 12.5 Å². The van der Waals surface area contributed by atoms with Gasteiger partial charge in [0.1, 0.15) is 0 Å². The standard InChI is InChI=1S/C20H33N5O.HI/c1-2-21-20(23-14-16-6-5-8-19(16)26)24-17-9-12-25(13-10-17)15-18-7-3-4-11-22-18;/h3-4,7,11,16-17,19,26H,2,5-6,8-10,12-15H2,1H3,(H2,21,23,24);1H. The van der Waals surface area contributed by atoms with Crippen LogP contribution >= 0.6 is 24.0 Å². The Bertz CT molecular complexity index is 563. The number of piperidine rings is 1. The van der Waals surface area contributed by atoms with Crippen molar-refractivity contribution in [3.8, 4) is 0 Å². The van der Waals surface area contributed by atoms with Gasteiger partial charge in [0.15, 0.2) is 5.96 Å². The Morgan fingerprint density at radius 1 is 1.26 bits per heavy atom. The molecule has 7 heteroatoms. The van der Waals surface area contributed by atoms with E-state index in [2.05, 4.69) is 39.6 Å². The molecule has 3 N–H and O–H groups in total. The normalized spacial score (nSPS) is 24.4. The van der Waals surface area contributed by atoms with Gasteiger partial charge in [-0.3, -0.25) is 14.9 Å². The third kappa shape index (κ3) is 7.19.